The van der Waals surface area contributed by atoms with Crippen molar-refractivity contribution in [1.29, 1.82) is 0 Å². The average Bonchev–Trinajstić information content (AvgIpc) is 3.59. The van der Waals surface area contributed by atoms with Gasteiger partial charge in [-0.2, -0.15) is 4.98 Å². The minimum atomic E-state index is -3.14. The molecule has 2 aliphatic carbocycles. The van der Waals surface area contributed by atoms with Gasteiger partial charge in [0.05, 0.1) is 23.4 Å². The first kappa shape index (κ1) is 24.7. The second-order valence-electron chi connectivity index (χ2n) is 11.0. The third-order valence-corrected chi connectivity index (χ3v) is 8.66. The number of aryl methyl sites for hydroxylation is 1. The van der Waals surface area contributed by atoms with E-state index >= 15 is 0 Å². The molecule has 3 aromatic rings. The molecular weight excluding hydrogens is 540 g/mol. The second kappa shape index (κ2) is 8.36. The fourth-order valence-corrected chi connectivity index (χ4v) is 6.29. The number of hydrogen-bond acceptors (Lipinski definition) is 7. The van der Waals surface area contributed by atoms with Gasteiger partial charge in [-0.15, -0.1) is 0 Å². The van der Waals surface area contributed by atoms with E-state index < -0.39 is 36.0 Å². The molecule has 8 nitrogen and oxygen atoms in total. The fourth-order valence-electron chi connectivity index (χ4n) is 6.15. The molecule has 3 atom stereocenters. The number of anilines is 4. The predicted octanol–water partition coefficient (Wildman–Crippen LogP) is 5.18. The van der Waals surface area contributed by atoms with Crippen LogP contribution < -0.4 is 25.8 Å². The Kier molecular flexibility index (Phi) is 5.30. The number of pyridine rings is 1. The van der Waals surface area contributed by atoms with E-state index in [1.165, 1.54) is 10.8 Å². The van der Waals surface area contributed by atoms with Crippen LogP contribution in [-0.4, -0.2) is 51.6 Å². The van der Waals surface area contributed by atoms with E-state index in [9.17, 15) is 22.4 Å². The molecule has 0 unspecified atom stereocenters. The van der Waals surface area contributed by atoms with Gasteiger partial charge in [0.1, 0.15) is 5.02 Å². The molecule has 0 radical (unpaired) electrons. The highest BCUT2D eigenvalue weighted by molar-refractivity contribution is 6.33. The van der Waals surface area contributed by atoms with Crippen LogP contribution in [0.1, 0.15) is 25.7 Å². The molecule has 13 heteroatoms. The summed E-state index contributed by atoms with van der Waals surface area (Å²) in [5.41, 5.74) is 0.787. The van der Waals surface area contributed by atoms with Crippen LogP contribution in [-0.2, 0) is 7.05 Å². The molecule has 39 heavy (non-hydrogen) atoms. The van der Waals surface area contributed by atoms with Crippen LogP contribution in [0.25, 0.3) is 10.9 Å². The topological polar surface area (TPSA) is 84.3 Å². The number of piperidine rings is 1. The lowest BCUT2D eigenvalue weighted by molar-refractivity contribution is -0.0579. The molecule has 3 fully saturated rings. The number of rotatable bonds is 4. The smallest absolute Gasteiger partial charge is 0.301 e. The molecule has 206 valence electrons. The molecule has 2 saturated carbocycles. The zero-order chi connectivity index (χ0) is 27.3. The summed E-state index contributed by atoms with van der Waals surface area (Å²) in [6.45, 7) is -0.705. The lowest BCUT2D eigenvalue weighted by atomic mass is 10.0. The SMILES string of the molecule is Cn1c(=O)c2c(c3cc(Nc4nc(N5C[C@H]6C[C@@H]5CC6(F)F)ncc4Cl)ccc31)N[C@@H](C1CC1)C(F)(F)CO2. The molecular formula is C26H25ClF4N6O2. The summed E-state index contributed by atoms with van der Waals surface area (Å²) in [7, 11) is 1.56. The first-order valence-electron chi connectivity index (χ1n) is 12.9. The van der Waals surface area contributed by atoms with E-state index in [0.29, 0.717) is 41.8 Å². The van der Waals surface area contributed by atoms with Crippen molar-refractivity contribution in [1.82, 2.24) is 14.5 Å². The summed E-state index contributed by atoms with van der Waals surface area (Å²) in [6.07, 6.45) is 2.96. The Hall–Kier alpha value is -3.28. The van der Waals surface area contributed by atoms with E-state index in [-0.39, 0.29) is 47.2 Å². The van der Waals surface area contributed by atoms with Gasteiger partial charge in [-0.3, -0.25) is 4.79 Å². The van der Waals surface area contributed by atoms with Gasteiger partial charge in [-0.25, -0.2) is 22.5 Å². The van der Waals surface area contributed by atoms with Crippen molar-refractivity contribution in [2.24, 2.45) is 18.9 Å². The second-order valence-corrected chi connectivity index (χ2v) is 11.4. The quantitative estimate of drug-likeness (QED) is 0.423. The molecule has 2 aliphatic heterocycles. The molecule has 4 aliphatic rings. The Morgan fingerprint density at radius 2 is 2.00 bits per heavy atom. The van der Waals surface area contributed by atoms with E-state index in [0.717, 1.165) is 0 Å². The van der Waals surface area contributed by atoms with Crippen molar-refractivity contribution in [3.8, 4) is 5.75 Å². The number of ether oxygens (including phenoxy) is 1. The molecule has 4 heterocycles. The summed E-state index contributed by atoms with van der Waals surface area (Å²) in [5, 5.41) is 6.85. The molecule has 1 aromatic carbocycles. The maximum atomic E-state index is 14.9. The van der Waals surface area contributed by atoms with E-state index in [1.54, 1.807) is 30.1 Å². The fraction of sp³-hybridized carbons (Fsp3) is 0.500. The van der Waals surface area contributed by atoms with Crippen LogP contribution >= 0.6 is 11.6 Å². The van der Waals surface area contributed by atoms with Gasteiger partial charge >= 0.3 is 5.92 Å². The maximum Gasteiger partial charge on any atom is 0.301 e. The lowest BCUT2D eigenvalue weighted by Gasteiger charge is -2.31. The van der Waals surface area contributed by atoms with Crippen molar-refractivity contribution in [3.05, 3.63) is 39.8 Å². The molecule has 7 rings (SSSR count). The summed E-state index contributed by atoms with van der Waals surface area (Å²) in [4.78, 5) is 23.6. The highest BCUT2D eigenvalue weighted by Crippen LogP contribution is 2.49. The summed E-state index contributed by atoms with van der Waals surface area (Å²) in [6, 6.07) is 3.66. The third kappa shape index (κ3) is 3.97. The van der Waals surface area contributed by atoms with Crippen molar-refractivity contribution in [2.75, 3.05) is 28.7 Å². The highest BCUT2D eigenvalue weighted by Gasteiger charge is 2.56. The molecule has 1 saturated heterocycles. The van der Waals surface area contributed by atoms with Crippen LogP contribution in [0, 0.1) is 11.8 Å². The number of alkyl halides is 4. The van der Waals surface area contributed by atoms with Gasteiger partial charge in [0.25, 0.3) is 11.5 Å². The van der Waals surface area contributed by atoms with Gasteiger partial charge < -0.3 is 24.8 Å². The monoisotopic (exact) mass is 564 g/mol. The number of nitrogens with zero attached hydrogens (tertiary/aromatic N) is 4. The van der Waals surface area contributed by atoms with Crippen LogP contribution in [0.3, 0.4) is 0 Å². The number of aromatic nitrogens is 3. The van der Waals surface area contributed by atoms with Gasteiger partial charge in [0, 0.05) is 43.0 Å². The first-order chi connectivity index (χ1) is 18.5. The average molecular weight is 565 g/mol. The molecule has 2 aromatic heterocycles. The van der Waals surface area contributed by atoms with E-state index in [2.05, 4.69) is 20.6 Å². The number of hydrogen-bond donors (Lipinski definition) is 2. The van der Waals surface area contributed by atoms with Crippen molar-refractivity contribution < 1.29 is 22.3 Å². The summed E-state index contributed by atoms with van der Waals surface area (Å²) in [5.74, 6) is -6.29. The zero-order valence-electron chi connectivity index (χ0n) is 20.9. The first-order valence-corrected chi connectivity index (χ1v) is 13.3. The predicted molar refractivity (Wildman–Crippen MR) is 139 cm³/mol. The Morgan fingerprint density at radius 1 is 1.21 bits per heavy atom. The molecule has 0 amide bonds. The Labute approximate surface area is 225 Å². The zero-order valence-corrected chi connectivity index (χ0v) is 21.6. The van der Waals surface area contributed by atoms with E-state index in [1.807, 2.05) is 0 Å². The largest absolute Gasteiger partial charge is 0.480 e. The normalized spacial score (nSPS) is 26.6. The van der Waals surface area contributed by atoms with Gasteiger partial charge in [-0.05, 0) is 43.4 Å². The standard InChI is InChI=1S/C26H25ClF4N6O2/c1-36-18-5-4-14(7-16(18)19-20(23(36)38)39-11-26(30,31)21(34-19)12-2-3-12)33-22-17(27)9-32-24(35-22)37-10-13-6-15(37)8-25(13,28)29/h4-5,7,9,12-13,15,21,34H,2-3,6,8,10-11H2,1H3,(H,32,33,35)/t13-,15-,21+/m1/s1. The van der Waals surface area contributed by atoms with Gasteiger partial charge in [-0.1, -0.05) is 11.6 Å². The maximum absolute atomic E-state index is 14.9. The van der Waals surface area contributed by atoms with Crippen LogP contribution in [0.2, 0.25) is 5.02 Å². The summed E-state index contributed by atoms with van der Waals surface area (Å²) < 4.78 is 64.6. The van der Waals surface area contributed by atoms with Crippen LogP contribution in [0.4, 0.5) is 40.7 Å². The minimum absolute atomic E-state index is 0.145. The highest BCUT2D eigenvalue weighted by atomic mass is 35.5. The molecule has 0 spiro atoms. The van der Waals surface area contributed by atoms with Crippen molar-refractivity contribution in [2.45, 2.75) is 49.6 Å². The van der Waals surface area contributed by atoms with Crippen molar-refractivity contribution in [3.63, 3.8) is 0 Å². The number of nitrogens with one attached hydrogen (secondary N) is 2. The summed E-state index contributed by atoms with van der Waals surface area (Å²) >= 11 is 6.38. The van der Waals surface area contributed by atoms with Crippen LogP contribution in [0.5, 0.6) is 5.75 Å². The van der Waals surface area contributed by atoms with Crippen molar-refractivity contribution >= 4 is 45.6 Å². The Bertz CT molecular complexity index is 1560. The number of fused-ring (bicyclic) bond motifs is 5. The number of benzene rings is 1. The molecule has 2 bridgehead atoms. The van der Waals surface area contributed by atoms with Gasteiger partial charge in [0.15, 0.2) is 12.4 Å². The Balaban J connectivity index is 1.25. The molecule has 2 N–H and O–H groups in total. The Morgan fingerprint density at radius 3 is 2.69 bits per heavy atom. The number of halogens is 5. The minimum Gasteiger partial charge on any atom is -0.480 e. The van der Waals surface area contributed by atoms with Crippen LogP contribution in [0.15, 0.2) is 29.2 Å². The van der Waals surface area contributed by atoms with Gasteiger partial charge in [0.2, 0.25) is 11.7 Å². The third-order valence-electron chi connectivity index (χ3n) is 8.38. The van der Waals surface area contributed by atoms with E-state index in [4.69, 9.17) is 16.3 Å². The lowest BCUT2D eigenvalue weighted by Crippen LogP contribution is -2.44.